The van der Waals surface area contributed by atoms with Gasteiger partial charge in [0.2, 0.25) is 12.2 Å². The number of fused-ring (bicyclic) bond motifs is 7. The Morgan fingerprint density at radius 1 is 0.671 bits per heavy atom. The number of hydrogen-bond acceptors (Lipinski definition) is 18. The van der Waals surface area contributed by atoms with Gasteiger partial charge in [0.1, 0.15) is 54.2 Å². The Labute approximate surface area is 466 Å². The second-order valence-corrected chi connectivity index (χ2v) is 27.4. The number of aliphatic carboxylic acids is 1. The van der Waals surface area contributed by atoms with Crippen LogP contribution in [0.15, 0.2) is 11.6 Å². The summed E-state index contributed by atoms with van der Waals surface area (Å²) >= 11 is 0. The van der Waals surface area contributed by atoms with Crippen LogP contribution in [0.4, 0.5) is 0 Å². The highest BCUT2D eigenvalue weighted by Crippen LogP contribution is 2.76. The summed E-state index contributed by atoms with van der Waals surface area (Å²) in [6.07, 6.45) is -7.64. The summed E-state index contributed by atoms with van der Waals surface area (Å²) in [6, 6.07) is -1.34. The molecule has 0 aromatic rings. The number of amides is 1. The number of carboxylic acid groups (broad SMARTS) is 1. The van der Waals surface area contributed by atoms with Gasteiger partial charge in [-0.15, -0.1) is 0 Å². The number of rotatable bonds is 19. The zero-order valence-corrected chi connectivity index (χ0v) is 48.0. The Morgan fingerprint density at radius 3 is 1.96 bits per heavy atom. The van der Waals surface area contributed by atoms with Gasteiger partial charge >= 0.3 is 11.9 Å². The molecule has 11 N–H and O–H groups in total. The van der Waals surface area contributed by atoms with Crippen LogP contribution in [-0.4, -0.2) is 180 Å². The molecular weight excluding hydrogens is 1030 g/mol. The third-order valence-corrected chi connectivity index (χ3v) is 21.8. The number of ether oxygens (including phenoxy) is 6. The lowest BCUT2D eigenvalue weighted by Crippen LogP contribution is -2.69. The molecular formula is C59H97NO19. The van der Waals surface area contributed by atoms with Crippen LogP contribution in [-0.2, 0) is 42.8 Å². The Morgan fingerprint density at radius 2 is 1.30 bits per heavy atom. The summed E-state index contributed by atoms with van der Waals surface area (Å²) in [5, 5.41) is 113. The Balaban J connectivity index is 1.04. The first kappa shape index (κ1) is 62.6. The third-order valence-electron chi connectivity index (χ3n) is 21.8. The smallest absolute Gasteiger partial charge is 0.317 e. The fraction of sp³-hybridized carbons (Fsp3) is 0.915. The highest BCUT2D eigenvalue weighted by Gasteiger charge is 2.72. The molecule has 8 rings (SSSR count). The minimum Gasteiger partial charge on any atom is -0.481 e. The van der Waals surface area contributed by atoms with Gasteiger partial charge in [-0.3, -0.25) is 14.4 Å². The molecule has 0 spiro atoms. The molecule has 4 saturated carbocycles. The largest absolute Gasteiger partial charge is 0.481 e. The quantitative estimate of drug-likeness (QED) is 0.0497. The van der Waals surface area contributed by atoms with Crippen molar-refractivity contribution >= 4 is 17.8 Å². The molecule has 79 heavy (non-hydrogen) atoms. The Bertz CT molecular complexity index is 2160. The Hall–Kier alpha value is -2.41. The van der Waals surface area contributed by atoms with Crippen molar-refractivity contribution in [2.45, 2.75) is 276 Å². The molecule has 0 aromatic heterocycles. The van der Waals surface area contributed by atoms with Gasteiger partial charge < -0.3 is 84.8 Å². The third kappa shape index (κ3) is 11.8. The number of carboxylic acids is 1. The summed E-state index contributed by atoms with van der Waals surface area (Å²) in [5.41, 5.74) is -1.66. The van der Waals surface area contributed by atoms with Crippen molar-refractivity contribution in [2.24, 2.45) is 50.2 Å². The van der Waals surface area contributed by atoms with Crippen LogP contribution in [0, 0.1) is 50.2 Å². The first-order chi connectivity index (χ1) is 37.1. The van der Waals surface area contributed by atoms with Crippen molar-refractivity contribution in [3.05, 3.63) is 11.6 Å². The van der Waals surface area contributed by atoms with Gasteiger partial charge in [-0.25, -0.2) is 0 Å². The van der Waals surface area contributed by atoms with Crippen molar-refractivity contribution in [1.29, 1.82) is 0 Å². The average molecular weight is 1120 g/mol. The van der Waals surface area contributed by atoms with Crippen molar-refractivity contribution < 1.29 is 93.9 Å². The predicted octanol–water partition coefficient (Wildman–Crippen LogP) is 3.89. The molecule has 0 bridgehead atoms. The minimum atomic E-state index is -1.93. The van der Waals surface area contributed by atoms with Crippen LogP contribution < -0.4 is 5.32 Å². The normalized spacial score (nSPS) is 46.3. The molecule has 8 aliphatic rings. The zero-order chi connectivity index (χ0) is 57.8. The van der Waals surface area contributed by atoms with E-state index in [2.05, 4.69) is 59.9 Å². The number of aliphatic hydroxyl groups is 9. The molecule has 3 saturated heterocycles. The first-order valence-corrected chi connectivity index (χ1v) is 29.8. The molecule has 12 unspecified atom stereocenters. The average Bonchev–Trinajstić information content (AvgIpc) is 2.61. The van der Waals surface area contributed by atoms with Gasteiger partial charge in [0, 0.05) is 12.8 Å². The number of carbonyl (C=O) groups is 3. The number of carbonyl (C=O) groups excluding carboxylic acids is 2. The van der Waals surface area contributed by atoms with Crippen molar-refractivity contribution in [1.82, 2.24) is 5.32 Å². The van der Waals surface area contributed by atoms with Gasteiger partial charge in [-0.2, -0.15) is 0 Å². The summed E-state index contributed by atoms with van der Waals surface area (Å²) in [4.78, 5) is 40.1. The molecule has 3 aliphatic heterocycles. The van der Waals surface area contributed by atoms with E-state index in [1.807, 2.05) is 0 Å². The van der Waals surface area contributed by atoms with E-state index in [-0.39, 0.29) is 59.4 Å². The van der Waals surface area contributed by atoms with Gasteiger partial charge in [0.05, 0.1) is 37.6 Å². The lowest BCUT2D eigenvalue weighted by Gasteiger charge is -2.71. The minimum absolute atomic E-state index is 0.0647. The lowest BCUT2D eigenvalue weighted by atomic mass is 9.33. The van der Waals surface area contributed by atoms with E-state index in [0.717, 1.165) is 76.2 Å². The van der Waals surface area contributed by atoms with E-state index in [1.54, 1.807) is 0 Å². The zero-order valence-electron chi connectivity index (χ0n) is 48.0. The second-order valence-electron chi connectivity index (χ2n) is 27.4. The predicted molar refractivity (Wildman–Crippen MR) is 284 cm³/mol. The molecule has 452 valence electrons. The van der Waals surface area contributed by atoms with E-state index in [1.165, 1.54) is 6.92 Å². The molecule has 0 aromatic carbocycles. The van der Waals surface area contributed by atoms with E-state index in [4.69, 9.17) is 33.5 Å². The van der Waals surface area contributed by atoms with Gasteiger partial charge in [-0.1, -0.05) is 98.6 Å². The van der Waals surface area contributed by atoms with Crippen LogP contribution in [0.3, 0.4) is 0 Å². The van der Waals surface area contributed by atoms with Crippen LogP contribution in [0.5, 0.6) is 0 Å². The molecule has 3 heterocycles. The standard InChI is InChI=1S/C59H97NO19/c1-31-48(77-50-46(71)43(68)34(62)30-74-50)45(70)47(72)51(75-31)78-49-44(69)42(60-40(65)17-15-13-11-9-10-12-14-16-18-41(66)67)35(29-61)76-52(49)79-53(73)59-26-25-54(2,3)27-33(59)32-19-20-37-56(6)23-22-38(63)55(4,5)36(56)21-24-57(37,7)58(32,8)28-39(59)64/h19,31,33-39,42-52,61-64,68-72H,9-18,20-30H2,1-8H3,(H,60,65)(H,66,67)/t31?,33?,34-,35?,36+,37?,38+,39?,42+,43?,44?,45?,46?,47?,48+,49?,50+,51+,52+,56?,57+,58-,59-/m1/s1. The maximum Gasteiger partial charge on any atom is 0.317 e. The summed E-state index contributed by atoms with van der Waals surface area (Å²) in [7, 11) is 0. The molecule has 0 radical (unpaired) electrons. The molecule has 20 nitrogen and oxygen atoms in total. The van der Waals surface area contributed by atoms with E-state index in [0.29, 0.717) is 31.6 Å². The maximum absolute atomic E-state index is 15.7. The highest BCUT2D eigenvalue weighted by molar-refractivity contribution is 5.80. The van der Waals surface area contributed by atoms with E-state index in [9.17, 15) is 55.5 Å². The molecule has 5 aliphatic carbocycles. The SMILES string of the molecule is CC1O[C@@H](OC2C(O)[C@@H](NC(=O)CCCCCCCCCCC(=O)O)C(CO)O[C@H]2OC(=O)[C@]23CCC(C)(C)CC2C2=CCC4C5(C)CC[C@H](O)C(C)(C)[C@@H]5CC[C@]4(C)[C@]2(C)CC3O)C(O)C(O)[C@H]1O[C@@H]1OC[C@@H](O)C(O)C1O. The molecule has 1 amide bonds. The monoisotopic (exact) mass is 1120 g/mol. The van der Waals surface area contributed by atoms with Crippen molar-refractivity contribution in [2.75, 3.05) is 13.2 Å². The van der Waals surface area contributed by atoms with Crippen LogP contribution >= 0.6 is 0 Å². The van der Waals surface area contributed by atoms with E-state index >= 15 is 4.79 Å². The fourth-order valence-corrected chi connectivity index (χ4v) is 16.8. The number of nitrogens with one attached hydrogen (secondary N) is 1. The molecule has 7 fully saturated rings. The van der Waals surface area contributed by atoms with E-state index < -0.39 is 140 Å². The topological polar surface area (TPSA) is 321 Å². The first-order valence-electron chi connectivity index (χ1n) is 29.8. The lowest BCUT2D eigenvalue weighted by molar-refractivity contribution is -0.370. The van der Waals surface area contributed by atoms with Gasteiger partial charge in [0.25, 0.3) is 0 Å². The van der Waals surface area contributed by atoms with Gasteiger partial charge in [-0.05, 0) is 122 Å². The molecule has 23 atom stereocenters. The molecule has 20 heteroatoms. The number of aliphatic hydroxyl groups excluding tert-OH is 9. The maximum atomic E-state index is 15.7. The highest BCUT2D eigenvalue weighted by atomic mass is 16.8. The van der Waals surface area contributed by atoms with Crippen molar-refractivity contribution in [3.8, 4) is 0 Å². The summed E-state index contributed by atoms with van der Waals surface area (Å²) < 4.78 is 36.5. The van der Waals surface area contributed by atoms with Gasteiger partial charge in [0.15, 0.2) is 18.7 Å². The Kier molecular flexibility index (Phi) is 19.3. The number of esters is 1. The number of hydrogen-bond donors (Lipinski definition) is 11. The second kappa shape index (κ2) is 24.3. The van der Waals surface area contributed by atoms with Crippen LogP contribution in [0.25, 0.3) is 0 Å². The summed E-state index contributed by atoms with van der Waals surface area (Å²) in [6.45, 7) is 16.2. The number of allylic oxidation sites excluding steroid dienone is 2. The summed E-state index contributed by atoms with van der Waals surface area (Å²) in [5.74, 6) is -1.95. The number of unbranched alkanes of at least 4 members (excludes halogenated alkanes) is 7. The van der Waals surface area contributed by atoms with Crippen molar-refractivity contribution in [3.63, 3.8) is 0 Å². The van der Waals surface area contributed by atoms with Crippen LogP contribution in [0.1, 0.15) is 177 Å². The fourth-order valence-electron chi connectivity index (χ4n) is 16.8. The van der Waals surface area contributed by atoms with Crippen LogP contribution in [0.2, 0.25) is 0 Å².